The van der Waals surface area contributed by atoms with Gasteiger partial charge in [0.05, 0.1) is 178 Å². The van der Waals surface area contributed by atoms with Gasteiger partial charge in [0.2, 0.25) is 0 Å². The molecule has 21 heteroatoms. The van der Waals surface area contributed by atoms with Gasteiger partial charge >= 0.3 is 0 Å². The second-order valence-electron chi connectivity index (χ2n) is 24.7. The van der Waals surface area contributed by atoms with E-state index < -0.39 is 0 Å². The maximum absolute atomic E-state index is 5.88. The zero-order valence-corrected chi connectivity index (χ0v) is 70.3. The fourth-order valence-corrected chi connectivity index (χ4v) is 9.39. The van der Waals surface area contributed by atoms with Crippen LogP contribution in [-0.2, 0) is 99.5 Å². The number of rotatable bonds is 63. The Hall–Kier alpha value is -0.840. The van der Waals surface area contributed by atoms with Gasteiger partial charge in [-0.1, -0.05) is 128 Å². The normalized spacial score (nSPS) is 15.5. The number of hydrogen-bond donors (Lipinski definition) is 0. The molecule has 0 aliphatic heterocycles. The number of methoxy groups -OCH3 is 11. The van der Waals surface area contributed by atoms with Gasteiger partial charge in [0.1, 0.15) is 0 Å². The molecule has 0 amide bonds. The van der Waals surface area contributed by atoms with Crippen LogP contribution in [0.1, 0.15) is 234 Å². The summed E-state index contributed by atoms with van der Waals surface area (Å²) >= 11 is 0. The summed E-state index contributed by atoms with van der Waals surface area (Å²) < 4.78 is 113. The van der Waals surface area contributed by atoms with Crippen molar-refractivity contribution in [2.75, 3.05) is 191 Å². The molecule has 0 saturated carbocycles. The minimum atomic E-state index is 0.134. The van der Waals surface area contributed by atoms with E-state index in [1.54, 1.807) is 78.2 Å². The molecular weight excluding hydrogens is 1270 g/mol. The lowest BCUT2D eigenvalue weighted by Gasteiger charge is -2.26. The lowest BCUT2D eigenvalue weighted by atomic mass is 10.0. The summed E-state index contributed by atoms with van der Waals surface area (Å²) in [7, 11) is 18.8. The Morgan fingerprint density at radius 2 is 0.505 bits per heavy atom. The van der Waals surface area contributed by atoms with Crippen LogP contribution < -0.4 is 0 Å². The molecule has 0 radical (unpaired) electrons. The van der Waals surface area contributed by atoms with Gasteiger partial charge in [0.25, 0.3) is 0 Å². The number of ether oxygens (including phenoxy) is 21. The smallest absolute Gasteiger partial charge is 0.0857 e. The quantitative estimate of drug-likeness (QED) is 0.0521. The van der Waals surface area contributed by atoms with Crippen molar-refractivity contribution in [2.24, 2.45) is 5.92 Å². The van der Waals surface area contributed by atoms with Crippen LogP contribution >= 0.6 is 0 Å². The molecule has 0 rings (SSSR count). The largest absolute Gasteiger partial charge is 0.382 e. The Morgan fingerprint density at radius 1 is 0.202 bits per heavy atom. The van der Waals surface area contributed by atoms with Crippen LogP contribution in [0.2, 0.25) is 0 Å². The summed E-state index contributed by atoms with van der Waals surface area (Å²) in [6.45, 7) is 49.4. The van der Waals surface area contributed by atoms with Gasteiger partial charge in [-0.15, -0.1) is 0 Å². The van der Waals surface area contributed by atoms with E-state index >= 15 is 0 Å². The summed E-state index contributed by atoms with van der Waals surface area (Å²) in [5.74, 6) is 0.465. The third-order valence-electron chi connectivity index (χ3n) is 16.0. The predicted octanol–water partition coefficient (Wildman–Crippen LogP) is 15.9. The highest BCUT2D eigenvalue weighted by Gasteiger charge is 2.24. The zero-order valence-electron chi connectivity index (χ0n) is 70.3. The topological polar surface area (TPSA) is 194 Å². The highest BCUT2D eigenvalue weighted by Crippen LogP contribution is 2.19. The fraction of sp³-hybridized carbons (Fsp3) is 1.00. The molecule has 0 heterocycles. The van der Waals surface area contributed by atoms with Crippen molar-refractivity contribution >= 4 is 0 Å². The molecule has 0 spiro atoms. The highest BCUT2D eigenvalue weighted by molar-refractivity contribution is 4.73. The Labute approximate surface area is 612 Å². The lowest BCUT2D eigenvalue weighted by molar-refractivity contribution is -0.0802. The van der Waals surface area contributed by atoms with Crippen LogP contribution in [-0.4, -0.2) is 276 Å². The molecule has 608 valence electrons. The first-order valence-electron chi connectivity index (χ1n) is 38.4. The fourth-order valence-electron chi connectivity index (χ4n) is 9.39. The Kier molecular flexibility index (Phi) is 103. The first-order chi connectivity index (χ1) is 47.7. The van der Waals surface area contributed by atoms with Crippen LogP contribution in [0.4, 0.5) is 0 Å². The van der Waals surface area contributed by atoms with Crippen molar-refractivity contribution < 1.29 is 99.5 Å². The third-order valence-corrected chi connectivity index (χ3v) is 16.0. The van der Waals surface area contributed by atoms with E-state index in [1.165, 1.54) is 25.7 Å². The summed E-state index contributed by atoms with van der Waals surface area (Å²) in [5, 5.41) is 0. The van der Waals surface area contributed by atoms with Crippen LogP contribution in [0, 0.1) is 5.92 Å². The van der Waals surface area contributed by atoms with Gasteiger partial charge < -0.3 is 99.5 Å². The van der Waals surface area contributed by atoms with E-state index in [0.29, 0.717) is 98.4 Å². The van der Waals surface area contributed by atoms with E-state index in [2.05, 4.69) is 83.1 Å². The maximum atomic E-state index is 5.88. The zero-order chi connectivity index (χ0) is 76.6. The summed E-state index contributed by atoms with van der Waals surface area (Å²) in [6.07, 6.45) is 21.2. The molecule has 0 aromatic heterocycles. The van der Waals surface area contributed by atoms with Gasteiger partial charge in [0.15, 0.2) is 0 Å². The average molecular weight is 1440 g/mol. The van der Waals surface area contributed by atoms with Crippen LogP contribution in [0.5, 0.6) is 0 Å². The third kappa shape index (κ3) is 76.6. The van der Waals surface area contributed by atoms with Crippen LogP contribution in [0.25, 0.3) is 0 Å². The Morgan fingerprint density at radius 3 is 0.838 bits per heavy atom. The van der Waals surface area contributed by atoms with Crippen molar-refractivity contribution in [3.63, 3.8) is 0 Å². The Balaban J connectivity index is -0.000000200. The molecule has 14 atom stereocenters. The van der Waals surface area contributed by atoms with E-state index in [-0.39, 0.29) is 85.5 Å². The van der Waals surface area contributed by atoms with Crippen molar-refractivity contribution in [1.29, 1.82) is 0 Å². The van der Waals surface area contributed by atoms with E-state index in [0.717, 1.165) is 103 Å². The maximum Gasteiger partial charge on any atom is 0.0857 e. The molecule has 21 nitrogen and oxygen atoms in total. The highest BCUT2D eigenvalue weighted by atomic mass is 16.6. The summed E-state index contributed by atoms with van der Waals surface area (Å²) in [5.41, 5.74) is 0. The second-order valence-corrected chi connectivity index (χ2v) is 24.7. The molecule has 0 aliphatic rings. The molecule has 0 bridgehead atoms. The van der Waals surface area contributed by atoms with Crippen LogP contribution in [0.15, 0.2) is 0 Å². The van der Waals surface area contributed by atoms with Crippen LogP contribution in [0.3, 0.4) is 0 Å². The number of unbranched alkanes of at least 4 members (excludes halogenated alkanes) is 2. The average Bonchev–Trinajstić information content (AvgIpc) is 1.30. The second kappa shape index (κ2) is 91.4. The first-order valence-corrected chi connectivity index (χ1v) is 38.4. The molecule has 0 fully saturated rings. The lowest BCUT2D eigenvalue weighted by Crippen LogP contribution is -2.34. The van der Waals surface area contributed by atoms with E-state index in [9.17, 15) is 0 Å². The van der Waals surface area contributed by atoms with Gasteiger partial charge in [-0.2, -0.15) is 0 Å². The molecular formula is C78H170O21. The van der Waals surface area contributed by atoms with Gasteiger partial charge in [-0.25, -0.2) is 0 Å². The molecule has 0 aromatic rings. The monoisotopic (exact) mass is 1440 g/mol. The standard InChI is InChI=1S/C14H30O3.2C12H26O3.4C10H22O3/c1-5-7-9-13(16-4)14(10-8-6-2)17-12-11-15-3;1-5-7-11(14-4)12(8-6-2)15-10-9-13-3;1-5-7-13-9-10-15-12(4)11(3)14-8-6-2;1-8(2)10(9(3)12-5)13-7-6-11-4;1-5-6-10(9(2)12-4)13-8-7-11-3;1-5-6-12-7-8-13-10(3)9(2)11-4;1-5-9(12-4)10(6-2)13-8-7-11-3/h13-14H,5-12H2,1-4H3;2*11-12H,5-10H2,1-4H3;8-10H,6-7H2,1-5H3;3*9-10H,5-8H2,1-4H3. The molecule has 0 aromatic carbocycles. The predicted molar refractivity (Wildman–Crippen MR) is 408 cm³/mol. The summed E-state index contributed by atoms with van der Waals surface area (Å²) in [4.78, 5) is 0. The van der Waals surface area contributed by atoms with Crippen molar-refractivity contribution in [1.82, 2.24) is 0 Å². The van der Waals surface area contributed by atoms with Gasteiger partial charge in [-0.05, 0) is 112 Å². The minimum Gasteiger partial charge on any atom is -0.382 e. The van der Waals surface area contributed by atoms with Gasteiger partial charge in [-0.3, -0.25) is 0 Å². The van der Waals surface area contributed by atoms with Crippen molar-refractivity contribution in [2.45, 2.75) is 319 Å². The number of hydrogen-bond acceptors (Lipinski definition) is 21. The minimum absolute atomic E-state index is 0.134. The van der Waals surface area contributed by atoms with Crippen molar-refractivity contribution in [3.05, 3.63) is 0 Å². The van der Waals surface area contributed by atoms with Crippen molar-refractivity contribution in [3.8, 4) is 0 Å². The molecule has 0 saturated heterocycles. The Bertz CT molecular complexity index is 1390. The SMILES string of the molecule is CCC(OC)C(CC)OCCOC.CCCC(OC)C(CCC)OCCOC.CCCC(OCCOC)C(C)OC.CCCCC(OC)C(CCCC)OCCOC.CCCOCCOC(C)C(C)OC.CCCOCCOC(C)C(C)OCCC.COCCOC(C(C)C)C(C)OC. The van der Waals surface area contributed by atoms with Gasteiger partial charge in [0, 0.05) is 98.0 Å². The molecule has 0 aliphatic carbocycles. The molecule has 0 N–H and O–H groups in total. The van der Waals surface area contributed by atoms with E-state index in [4.69, 9.17) is 99.5 Å². The first kappa shape index (κ1) is 112. The molecule has 14 unspecified atom stereocenters. The summed E-state index contributed by atoms with van der Waals surface area (Å²) in [6, 6.07) is 0. The van der Waals surface area contributed by atoms with E-state index in [1.807, 2.05) is 41.5 Å². The molecule has 99 heavy (non-hydrogen) atoms.